The summed E-state index contributed by atoms with van der Waals surface area (Å²) in [6, 6.07) is 11.0. The number of fused-ring (bicyclic) bond motifs is 1. The van der Waals surface area contributed by atoms with Crippen LogP contribution in [0.4, 0.5) is 0 Å². The van der Waals surface area contributed by atoms with Crippen molar-refractivity contribution >= 4 is 40.2 Å². The number of halogens is 2. The van der Waals surface area contributed by atoms with Crippen molar-refractivity contribution in [1.29, 1.82) is 0 Å². The summed E-state index contributed by atoms with van der Waals surface area (Å²) in [6.45, 7) is 5.41. The highest BCUT2D eigenvalue weighted by atomic mass is 35.5. The van der Waals surface area contributed by atoms with Crippen molar-refractivity contribution in [3.63, 3.8) is 0 Å². The summed E-state index contributed by atoms with van der Waals surface area (Å²) < 4.78 is 5.76. The molecule has 0 aliphatic carbocycles. The monoisotopic (exact) mass is 376 g/mol. The normalized spacial score (nSPS) is 11.0. The van der Waals surface area contributed by atoms with Crippen LogP contribution < -0.4 is 0 Å². The Hall–Kier alpha value is -2.04. The Morgan fingerprint density at radius 2 is 1.80 bits per heavy atom. The predicted octanol–water partition coefficient (Wildman–Crippen LogP) is 5.21. The van der Waals surface area contributed by atoms with Crippen LogP contribution >= 0.6 is 23.2 Å². The Morgan fingerprint density at radius 3 is 2.44 bits per heavy atom. The summed E-state index contributed by atoms with van der Waals surface area (Å²) in [7, 11) is 0. The van der Waals surface area contributed by atoms with Crippen LogP contribution in [0.5, 0.6) is 0 Å². The van der Waals surface area contributed by atoms with E-state index in [1.807, 2.05) is 43.0 Å². The Morgan fingerprint density at radius 1 is 1.12 bits per heavy atom. The molecule has 3 aromatic rings. The summed E-state index contributed by atoms with van der Waals surface area (Å²) >= 11 is 12.1. The van der Waals surface area contributed by atoms with Crippen LogP contribution in [-0.2, 0) is 11.2 Å². The molecule has 3 rings (SSSR count). The quantitative estimate of drug-likeness (QED) is 0.613. The summed E-state index contributed by atoms with van der Waals surface area (Å²) in [5.74, 6) is 0.599. The number of carbonyl (C=O) groups excluding carboxylic acids is 1. The lowest BCUT2D eigenvalue weighted by molar-refractivity contribution is -0.130. The van der Waals surface area contributed by atoms with Gasteiger partial charge in [-0.05, 0) is 43.7 Å². The zero-order chi connectivity index (χ0) is 18.0. The van der Waals surface area contributed by atoms with Gasteiger partial charge in [0.1, 0.15) is 5.52 Å². The van der Waals surface area contributed by atoms with Gasteiger partial charge in [-0.2, -0.15) is 0 Å². The third-order valence-electron chi connectivity index (χ3n) is 4.08. The minimum absolute atomic E-state index is 0.126. The van der Waals surface area contributed by atoms with Crippen LogP contribution in [0.3, 0.4) is 0 Å². The summed E-state index contributed by atoms with van der Waals surface area (Å²) in [6.07, 6.45) is 0.386. The lowest BCUT2D eigenvalue weighted by Gasteiger charge is -2.18. The third kappa shape index (κ3) is 3.80. The number of hydrogen-bond donors (Lipinski definition) is 0. The molecule has 0 aliphatic heterocycles. The number of benzene rings is 2. The van der Waals surface area contributed by atoms with Gasteiger partial charge in [0.05, 0.1) is 11.4 Å². The average molecular weight is 377 g/mol. The first kappa shape index (κ1) is 17.8. The number of oxazole rings is 1. The van der Waals surface area contributed by atoms with E-state index in [2.05, 4.69) is 4.98 Å². The van der Waals surface area contributed by atoms with E-state index in [1.54, 1.807) is 12.1 Å². The first-order valence-electron chi connectivity index (χ1n) is 8.14. The number of aromatic nitrogens is 1. The summed E-state index contributed by atoms with van der Waals surface area (Å²) in [4.78, 5) is 18.4. The second kappa shape index (κ2) is 7.46. The molecule has 1 heterocycles. The van der Waals surface area contributed by atoms with E-state index in [-0.39, 0.29) is 5.91 Å². The molecule has 0 aliphatic rings. The van der Waals surface area contributed by atoms with E-state index >= 15 is 0 Å². The van der Waals surface area contributed by atoms with Crippen LogP contribution in [0.2, 0.25) is 10.0 Å². The van der Waals surface area contributed by atoms with E-state index in [4.69, 9.17) is 27.6 Å². The molecule has 0 unspecified atom stereocenters. The lowest BCUT2D eigenvalue weighted by atomic mass is 10.1. The highest BCUT2D eigenvalue weighted by Crippen LogP contribution is 2.31. The Balaban J connectivity index is 1.83. The van der Waals surface area contributed by atoms with Crippen molar-refractivity contribution < 1.29 is 9.21 Å². The third-order valence-corrected chi connectivity index (χ3v) is 4.58. The van der Waals surface area contributed by atoms with E-state index in [0.29, 0.717) is 33.5 Å². The van der Waals surface area contributed by atoms with Crippen LogP contribution in [-0.4, -0.2) is 28.9 Å². The molecule has 0 spiro atoms. The van der Waals surface area contributed by atoms with Crippen molar-refractivity contribution in [3.8, 4) is 11.5 Å². The molecule has 0 bridgehead atoms. The van der Waals surface area contributed by atoms with Crippen molar-refractivity contribution in [1.82, 2.24) is 9.88 Å². The molecule has 0 fully saturated rings. The van der Waals surface area contributed by atoms with Gasteiger partial charge in [0.25, 0.3) is 0 Å². The van der Waals surface area contributed by atoms with Gasteiger partial charge in [0.15, 0.2) is 5.58 Å². The number of nitrogens with zero attached hydrogens (tertiary/aromatic N) is 2. The first-order chi connectivity index (χ1) is 12.0. The van der Waals surface area contributed by atoms with Gasteiger partial charge < -0.3 is 9.32 Å². The maximum Gasteiger partial charge on any atom is 0.227 e. The molecule has 0 radical (unpaired) electrons. The number of likely N-dealkylation sites (N-methyl/N-ethyl adjacent to an activating group) is 1. The minimum Gasteiger partial charge on any atom is -0.435 e. The zero-order valence-electron chi connectivity index (χ0n) is 14.1. The van der Waals surface area contributed by atoms with Gasteiger partial charge in [-0.25, -0.2) is 4.98 Å². The summed E-state index contributed by atoms with van der Waals surface area (Å²) in [5, 5.41) is 0.949. The second-order valence-corrected chi connectivity index (χ2v) is 6.54. The van der Waals surface area contributed by atoms with Gasteiger partial charge in [-0.15, -0.1) is 0 Å². The van der Waals surface area contributed by atoms with E-state index < -0.39 is 0 Å². The lowest BCUT2D eigenvalue weighted by Crippen LogP contribution is -2.31. The maximum absolute atomic E-state index is 12.2. The van der Waals surface area contributed by atoms with Crippen LogP contribution in [0.25, 0.3) is 22.6 Å². The van der Waals surface area contributed by atoms with Gasteiger partial charge in [0, 0.05) is 23.7 Å². The largest absolute Gasteiger partial charge is 0.435 e. The van der Waals surface area contributed by atoms with Gasteiger partial charge in [-0.1, -0.05) is 35.3 Å². The fourth-order valence-electron chi connectivity index (χ4n) is 2.71. The maximum atomic E-state index is 12.2. The van der Waals surface area contributed by atoms with Gasteiger partial charge in [-0.3, -0.25) is 4.79 Å². The van der Waals surface area contributed by atoms with Crippen LogP contribution in [0.1, 0.15) is 19.4 Å². The number of carbonyl (C=O) groups is 1. The molecule has 0 saturated heterocycles. The highest BCUT2D eigenvalue weighted by Gasteiger charge is 2.13. The first-order valence-corrected chi connectivity index (χ1v) is 8.90. The van der Waals surface area contributed by atoms with E-state index in [0.717, 1.165) is 24.2 Å². The summed E-state index contributed by atoms with van der Waals surface area (Å²) in [5.41, 5.74) is 2.91. The molecule has 0 saturated carbocycles. The number of rotatable bonds is 5. The van der Waals surface area contributed by atoms with Crippen molar-refractivity contribution in [3.05, 3.63) is 52.0 Å². The van der Waals surface area contributed by atoms with E-state index in [9.17, 15) is 4.79 Å². The topological polar surface area (TPSA) is 46.3 Å². The molecule has 4 nitrogen and oxygen atoms in total. The average Bonchev–Trinajstić information content (AvgIpc) is 3.01. The number of amides is 1. The molecule has 0 atom stereocenters. The molecule has 2 aromatic carbocycles. The highest BCUT2D eigenvalue weighted by molar-refractivity contribution is 6.38. The van der Waals surface area contributed by atoms with E-state index in [1.165, 1.54) is 0 Å². The molecule has 130 valence electrons. The Labute approximate surface area is 156 Å². The molecule has 1 aromatic heterocycles. The van der Waals surface area contributed by atoms with Crippen LogP contribution in [0, 0.1) is 0 Å². The molecule has 0 N–H and O–H groups in total. The second-order valence-electron chi connectivity index (χ2n) is 5.69. The zero-order valence-corrected chi connectivity index (χ0v) is 15.6. The Kier molecular flexibility index (Phi) is 5.30. The van der Waals surface area contributed by atoms with Crippen molar-refractivity contribution in [2.24, 2.45) is 0 Å². The fraction of sp³-hybridized carbons (Fsp3) is 0.263. The minimum atomic E-state index is 0.126. The Bertz CT molecular complexity index is 900. The SMILES string of the molecule is CCN(CC)C(=O)Cc1ccc(-c2nc3cc(Cl)cc(Cl)c3o2)cc1. The van der Waals surface area contributed by atoms with Gasteiger partial charge >= 0.3 is 0 Å². The molecular weight excluding hydrogens is 359 g/mol. The number of hydrogen-bond acceptors (Lipinski definition) is 3. The fourth-order valence-corrected chi connectivity index (χ4v) is 3.23. The standard InChI is InChI=1S/C19H18Cl2N2O2/c1-3-23(4-2)17(24)9-12-5-7-13(8-6-12)19-22-16-11-14(20)10-15(21)18(16)25-19/h5-8,10-11H,3-4,9H2,1-2H3. The molecular formula is C19H18Cl2N2O2. The molecule has 1 amide bonds. The van der Waals surface area contributed by atoms with Crippen molar-refractivity contribution in [2.45, 2.75) is 20.3 Å². The smallest absolute Gasteiger partial charge is 0.227 e. The van der Waals surface area contributed by atoms with Gasteiger partial charge in [0.2, 0.25) is 11.8 Å². The van der Waals surface area contributed by atoms with Crippen molar-refractivity contribution in [2.75, 3.05) is 13.1 Å². The molecule has 25 heavy (non-hydrogen) atoms. The molecule has 6 heteroatoms. The predicted molar refractivity (Wildman–Crippen MR) is 101 cm³/mol. The van der Waals surface area contributed by atoms with Crippen LogP contribution in [0.15, 0.2) is 40.8 Å².